The van der Waals surface area contributed by atoms with Gasteiger partial charge in [0.15, 0.2) is 0 Å². The van der Waals surface area contributed by atoms with E-state index >= 15 is 0 Å². The number of carbonyl (C=O) groups is 2. The maximum atomic E-state index is 13.8. The lowest BCUT2D eigenvalue weighted by Crippen LogP contribution is -2.26. The van der Waals surface area contributed by atoms with E-state index in [2.05, 4.69) is 10.1 Å². The number of primary amides is 1. The molecular formula is C17H17FN2O4. The highest BCUT2D eigenvalue weighted by molar-refractivity contribution is 5.68. The van der Waals surface area contributed by atoms with Gasteiger partial charge in [-0.25, -0.2) is 14.0 Å². The average molecular weight is 332 g/mol. The lowest BCUT2D eigenvalue weighted by Gasteiger charge is -2.08. The predicted octanol–water partition coefficient (Wildman–Crippen LogP) is 2.75. The molecule has 0 bridgehead atoms. The SMILES string of the molecule is NC(=O)Oc1ccc(CCNC(=O)OCc2ccccc2)c(F)c1. The molecule has 0 aliphatic heterocycles. The summed E-state index contributed by atoms with van der Waals surface area (Å²) in [6.45, 7) is 0.376. The minimum absolute atomic E-state index is 0.0268. The summed E-state index contributed by atoms with van der Waals surface area (Å²) >= 11 is 0. The quantitative estimate of drug-likeness (QED) is 0.851. The molecule has 126 valence electrons. The highest BCUT2D eigenvalue weighted by Crippen LogP contribution is 2.17. The number of hydrogen-bond acceptors (Lipinski definition) is 4. The van der Waals surface area contributed by atoms with E-state index in [1.165, 1.54) is 12.1 Å². The van der Waals surface area contributed by atoms with E-state index in [9.17, 15) is 14.0 Å². The Labute approximate surface area is 138 Å². The van der Waals surface area contributed by atoms with Crippen LogP contribution in [0.25, 0.3) is 0 Å². The lowest BCUT2D eigenvalue weighted by molar-refractivity contribution is 0.139. The van der Waals surface area contributed by atoms with Gasteiger partial charge in [0.2, 0.25) is 0 Å². The van der Waals surface area contributed by atoms with E-state index in [4.69, 9.17) is 10.5 Å². The fourth-order valence-electron chi connectivity index (χ4n) is 1.98. The van der Waals surface area contributed by atoms with Gasteiger partial charge in [-0.15, -0.1) is 0 Å². The summed E-state index contributed by atoms with van der Waals surface area (Å²) in [5.74, 6) is -0.521. The van der Waals surface area contributed by atoms with Gasteiger partial charge in [0.25, 0.3) is 0 Å². The van der Waals surface area contributed by atoms with Crippen LogP contribution >= 0.6 is 0 Å². The maximum Gasteiger partial charge on any atom is 0.409 e. The van der Waals surface area contributed by atoms with Crippen molar-refractivity contribution in [3.63, 3.8) is 0 Å². The average Bonchev–Trinajstić information content (AvgIpc) is 2.55. The Hall–Kier alpha value is -3.09. The van der Waals surface area contributed by atoms with Crippen LogP contribution in [0.4, 0.5) is 14.0 Å². The summed E-state index contributed by atoms with van der Waals surface area (Å²) < 4.78 is 23.4. The van der Waals surface area contributed by atoms with Crippen molar-refractivity contribution in [1.29, 1.82) is 0 Å². The molecule has 0 aliphatic carbocycles. The third-order valence-corrected chi connectivity index (χ3v) is 3.12. The van der Waals surface area contributed by atoms with E-state index in [-0.39, 0.29) is 25.3 Å². The molecule has 0 heterocycles. The molecule has 2 rings (SSSR count). The molecule has 0 aromatic heterocycles. The summed E-state index contributed by atoms with van der Waals surface area (Å²) in [6, 6.07) is 13.2. The first-order valence-electron chi connectivity index (χ1n) is 7.25. The zero-order chi connectivity index (χ0) is 17.4. The standard InChI is InChI=1S/C17H17FN2O4/c18-15-10-14(24-16(19)21)7-6-13(15)8-9-20-17(22)23-11-12-4-2-1-3-5-12/h1-7,10H,8-9,11H2,(H2,19,21)(H,20,22). The van der Waals surface area contributed by atoms with Crippen LogP contribution < -0.4 is 15.8 Å². The maximum absolute atomic E-state index is 13.8. The van der Waals surface area contributed by atoms with Crippen LogP contribution in [0.2, 0.25) is 0 Å². The molecule has 0 aliphatic rings. The summed E-state index contributed by atoms with van der Waals surface area (Å²) in [7, 11) is 0. The summed E-state index contributed by atoms with van der Waals surface area (Å²) in [4.78, 5) is 22.2. The molecule has 7 heteroatoms. The first-order valence-corrected chi connectivity index (χ1v) is 7.25. The van der Waals surface area contributed by atoms with Crippen molar-refractivity contribution in [3.05, 3.63) is 65.5 Å². The number of rotatable bonds is 6. The van der Waals surface area contributed by atoms with Crippen molar-refractivity contribution in [2.45, 2.75) is 13.0 Å². The molecule has 24 heavy (non-hydrogen) atoms. The number of alkyl carbamates (subject to hydrolysis) is 1. The van der Waals surface area contributed by atoms with E-state index in [0.29, 0.717) is 5.56 Å². The third kappa shape index (κ3) is 5.60. The fourth-order valence-corrected chi connectivity index (χ4v) is 1.98. The molecule has 2 aromatic rings. The number of hydrogen-bond donors (Lipinski definition) is 2. The number of nitrogens with two attached hydrogens (primary N) is 1. The van der Waals surface area contributed by atoms with Crippen LogP contribution in [-0.4, -0.2) is 18.7 Å². The number of nitrogens with one attached hydrogen (secondary N) is 1. The van der Waals surface area contributed by atoms with Crippen molar-refractivity contribution in [2.24, 2.45) is 5.73 Å². The topological polar surface area (TPSA) is 90.7 Å². The van der Waals surface area contributed by atoms with Crippen LogP contribution in [0.1, 0.15) is 11.1 Å². The Morgan fingerprint density at radius 1 is 1.12 bits per heavy atom. The second kappa shape index (κ2) is 8.52. The Morgan fingerprint density at radius 2 is 1.88 bits per heavy atom. The molecule has 0 radical (unpaired) electrons. The molecule has 2 aromatic carbocycles. The van der Waals surface area contributed by atoms with Gasteiger partial charge in [0, 0.05) is 12.6 Å². The van der Waals surface area contributed by atoms with Gasteiger partial charge in [-0.2, -0.15) is 0 Å². The van der Waals surface area contributed by atoms with E-state index in [1.54, 1.807) is 0 Å². The molecule has 0 spiro atoms. The molecule has 0 saturated carbocycles. The second-order valence-electron chi connectivity index (χ2n) is 4.91. The van der Waals surface area contributed by atoms with Crippen molar-refractivity contribution in [3.8, 4) is 5.75 Å². The molecule has 2 amide bonds. The minimum Gasteiger partial charge on any atom is -0.445 e. The summed E-state index contributed by atoms with van der Waals surface area (Å²) in [6.07, 6.45) is -1.32. The van der Waals surface area contributed by atoms with Gasteiger partial charge >= 0.3 is 12.2 Å². The molecule has 0 unspecified atom stereocenters. The van der Waals surface area contributed by atoms with Crippen LogP contribution in [0.3, 0.4) is 0 Å². The Bertz CT molecular complexity index is 707. The molecule has 0 fully saturated rings. The number of benzene rings is 2. The zero-order valence-corrected chi connectivity index (χ0v) is 12.8. The van der Waals surface area contributed by atoms with Crippen LogP contribution in [0.15, 0.2) is 48.5 Å². The normalized spacial score (nSPS) is 10.0. The largest absolute Gasteiger partial charge is 0.445 e. The first kappa shape index (κ1) is 17.3. The third-order valence-electron chi connectivity index (χ3n) is 3.12. The van der Waals surface area contributed by atoms with Crippen LogP contribution in [0, 0.1) is 5.82 Å². The zero-order valence-electron chi connectivity index (χ0n) is 12.8. The van der Waals surface area contributed by atoms with E-state index in [1.807, 2.05) is 30.3 Å². The Kier molecular flexibility index (Phi) is 6.13. The van der Waals surface area contributed by atoms with Crippen molar-refractivity contribution in [2.75, 3.05) is 6.54 Å². The van der Waals surface area contributed by atoms with Crippen LogP contribution in [0.5, 0.6) is 5.75 Å². The number of amides is 2. The Balaban J connectivity index is 1.75. The molecular weight excluding hydrogens is 315 g/mol. The second-order valence-corrected chi connectivity index (χ2v) is 4.91. The summed E-state index contributed by atoms with van der Waals surface area (Å²) in [5.41, 5.74) is 6.10. The van der Waals surface area contributed by atoms with Crippen molar-refractivity contribution >= 4 is 12.2 Å². The predicted molar refractivity (Wildman–Crippen MR) is 84.9 cm³/mol. The van der Waals surface area contributed by atoms with Gasteiger partial charge in [-0.1, -0.05) is 36.4 Å². The smallest absolute Gasteiger partial charge is 0.409 e. The van der Waals surface area contributed by atoms with Gasteiger partial charge in [-0.05, 0) is 23.6 Å². The van der Waals surface area contributed by atoms with Gasteiger partial charge in [0.1, 0.15) is 18.2 Å². The van der Waals surface area contributed by atoms with Crippen molar-refractivity contribution in [1.82, 2.24) is 5.32 Å². The molecule has 6 nitrogen and oxygen atoms in total. The van der Waals surface area contributed by atoms with E-state index in [0.717, 1.165) is 11.6 Å². The van der Waals surface area contributed by atoms with Gasteiger partial charge in [0.05, 0.1) is 0 Å². The molecule has 3 N–H and O–H groups in total. The van der Waals surface area contributed by atoms with Gasteiger partial charge < -0.3 is 20.5 Å². The van der Waals surface area contributed by atoms with Crippen LogP contribution in [-0.2, 0) is 17.8 Å². The monoisotopic (exact) mass is 332 g/mol. The molecule has 0 atom stereocenters. The van der Waals surface area contributed by atoms with Gasteiger partial charge in [-0.3, -0.25) is 0 Å². The summed E-state index contributed by atoms with van der Waals surface area (Å²) in [5, 5.41) is 2.54. The Morgan fingerprint density at radius 3 is 2.54 bits per heavy atom. The van der Waals surface area contributed by atoms with E-state index < -0.39 is 18.0 Å². The highest BCUT2D eigenvalue weighted by Gasteiger charge is 2.08. The molecule has 0 saturated heterocycles. The van der Waals surface area contributed by atoms with Crippen molar-refractivity contribution < 1.29 is 23.5 Å². The number of halogens is 1. The fraction of sp³-hybridized carbons (Fsp3) is 0.176. The number of carbonyl (C=O) groups excluding carboxylic acids is 2. The highest BCUT2D eigenvalue weighted by atomic mass is 19.1. The minimum atomic E-state index is -1.01. The first-order chi connectivity index (χ1) is 11.5. The number of ether oxygens (including phenoxy) is 2. The lowest BCUT2D eigenvalue weighted by atomic mass is 10.1.